The van der Waals surface area contributed by atoms with E-state index in [4.69, 9.17) is 4.74 Å². The molecule has 5 heteroatoms. The summed E-state index contributed by atoms with van der Waals surface area (Å²) < 4.78 is 5.29. The van der Waals surface area contributed by atoms with Crippen molar-refractivity contribution in [1.82, 2.24) is 0 Å². The molecule has 1 aliphatic rings. The minimum atomic E-state index is -0.568. The number of nitro groups is 1. The van der Waals surface area contributed by atoms with Gasteiger partial charge in [-0.25, -0.2) is 4.79 Å². The highest BCUT2D eigenvalue weighted by molar-refractivity contribution is 6.09. The van der Waals surface area contributed by atoms with Gasteiger partial charge >= 0.3 is 11.7 Å². The summed E-state index contributed by atoms with van der Waals surface area (Å²) in [6.45, 7) is 1.95. The molecule has 3 aromatic rings. The standard InChI is InChI=1S/C20H13NO4/c1-12-10-11-15(14-7-3-2-6-13(12)14)18(21(23)24)19-16-8-4-5-9-17(16)20(22)25-19/h2-11H,1H3. The molecule has 0 unspecified atom stereocenters. The predicted molar refractivity (Wildman–Crippen MR) is 94.4 cm³/mol. The van der Waals surface area contributed by atoms with Gasteiger partial charge in [-0.3, -0.25) is 10.1 Å². The molecule has 0 amide bonds. The molecule has 5 nitrogen and oxygen atoms in total. The van der Waals surface area contributed by atoms with Gasteiger partial charge in [-0.05, 0) is 35.4 Å². The summed E-state index contributed by atoms with van der Waals surface area (Å²) >= 11 is 0. The SMILES string of the molecule is Cc1ccc(C(=C2OC(=O)c3ccccc32)[N+](=O)[O-])c2ccccc12. The van der Waals surface area contributed by atoms with Crippen LogP contribution < -0.4 is 0 Å². The molecule has 0 saturated carbocycles. The second-order valence-electron chi connectivity index (χ2n) is 5.85. The Hall–Kier alpha value is -3.47. The summed E-state index contributed by atoms with van der Waals surface area (Å²) in [5.41, 5.74) is 2.05. The Balaban J connectivity index is 2.08. The molecular weight excluding hydrogens is 318 g/mol. The third kappa shape index (κ3) is 2.29. The van der Waals surface area contributed by atoms with Crippen molar-refractivity contribution in [3.8, 4) is 0 Å². The highest BCUT2D eigenvalue weighted by Crippen LogP contribution is 2.38. The van der Waals surface area contributed by atoms with E-state index in [0.29, 0.717) is 16.7 Å². The Kier molecular flexibility index (Phi) is 3.35. The van der Waals surface area contributed by atoms with Gasteiger partial charge in [0, 0.05) is 5.56 Å². The molecule has 0 bridgehead atoms. The lowest BCUT2D eigenvalue weighted by atomic mass is 9.96. The van der Waals surface area contributed by atoms with Crippen molar-refractivity contribution in [3.63, 3.8) is 0 Å². The molecule has 3 aromatic carbocycles. The third-order valence-corrected chi connectivity index (χ3v) is 4.38. The number of fused-ring (bicyclic) bond motifs is 2. The van der Waals surface area contributed by atoms with Crippen molar-refractivity contribution in [3.05, 3.63) is 93.0 Å². The summed E-state index contributed by atoms with van der Waals surface area (Å²) in [6.07, 6.45) is 0. The number of carbonyl (C=O) groups is 1. The molecule has 0 spiro atoms. The van der Waals surface area contributed by atoms with Gasteiger partial charge in [0.05, 0.1) is 16.1 Å². The molecule has 0 atom stereocenters. The van der Waals surface area contributed by atoms with E-state index in [1.165, 1.54) is 0 Å². The van der Waals surface area contributed by atoms with Gasteiger partial charge in [0.15, 0.2) is 0 Å². The normalized spacial score (nSPS) is 15.0. The van der Waals surface area contributed by atoms with Crippen LogP contribution in [0.5, 0.6) is 0 Å². The van der Waals surface area contributed by atoms with Crippen molar-refractivity contribution in [2.24, 2.45) is 0 Å². The monoisotopic (exact) mass is 331 g/mol. The number of esters is 1. The van der Waals surface area contributed by atoms with Crippen LogP contribution in [-0.2, 0) is 4.74 Å². The fourth-order valence-corrected chi connectivity index (χ4v) is 3.20. The lowest BCUT2D eigenvalue weighted by Gasteiger charge is -2.09. The van der Waals surface area contributed by atoms with Crippen LogP contribution in [0, 0.1) is 17.0 Å². The van der Waals surface area contributed by atoms with E-state index >= 15 is 0 Å². The van der Waals surface area contributed by atoms with E-state index in [1.54, 1.807) is 30.3 Å². The van der Waals surface area contributed by atoms with Crippen molar-refractivity contribution < 1.29 is 14.5 Å². The fraction of sp³-hybridized carbons (Fsp3) is 0.0500. The summed E-state index contributed by atoms with van der Waals surface area (Å²) in [5.74, 6) is -0.569. The van der Waals surface area contributed by atoms with Crippen molar-refractivity contribution >= 4 is 28.2 Å². The Morgan fingerprint density at radius 1 is 0.920 bits per heavy atom. The average Bonchev–Trinajstić information content (AvgIpc) is 2.94. The zero-order valence-electron chi connectivity index (χ0n) is 13.4. The van der Waals surface area contributed by atoms with Gasteiger partial charge in [0.1, 0.15) is 0 Å². The average molecular weight is 331 g/mol. The Morgan fingerprint density at radius 2 is 1.56 bits per heavy atom. The van der Waals surface area contributed by atoms with Crippen LogP contribution >= 0.6 is 0 Å². The Morgan fingerprint density at radius 3 is 2.28 bits per heavy atom. The summed E-state index contributed by atoms with van der Waals surface area (Å²) in [6, 6.07) is 17.7. The van der Waals surface area contributed by atoms with Gasteiger partial charge in [-0.2, -0.15) is 0 Å². The van der Waals surface area contributed by atoms with E-state index in [0.717, 1.165) is 16.3 Å². The minimum Gasteiger partial charge on any atom is -0.415 e. The van der Waals surface area contributed by atoms with Crippen molar-refractivity contribution in [1.29, 1.82) is 0 Å². The van der Waals surface area contributed by atoms with E-state index in [-0.39, 0.29) is 11.5 Å². The highest BCUT2D eigenvalue weighted by atomic mass is 16.6. The number of nitrogens with zero attached hydrogens (tertiary/aromatic N) is 1. The molecule has 25 heavy (non-hydrogen) atoms. The Bertz CT molecular complexity index is 1080. The molecule has 0 N–H and O–H groups in total. The van der Waals surface area contributed by atoms with E-state index < -0.39 is 10.9 Å². The molecule has 1 aliphatic heterocycles. The molecular formula is C20H13NO4. The first-order chi connectivity index (χ1) is 12.1. The summed E-state index contributed by atoms with van der Waals surface area (Å²) in [5, 5.41) is 13.6. The zero-order chi connectivity index (χ0) is 17.6. The topological polar surface area (TPSA) is 69.4 Å². The fourth-order valence-electron chi connectivity index (χ4n) is 3.20. The molecule has 0 radical (unpaired) electrons. The van der Waals surface area contributed by atoms with Gasteiger partial charge in [0.25, 0.3) is 0 Å². The third-order valence-electron chi connectivity index (χ3n) is 4.38. The van der Waals surface area contributed by atoms with Crippen molar-refractivity contribution in [2.75, 3.05) is 0 Å². The number of hydrogen-bond acceptors (Lipinski definition) is 4. The molecule has 0 aliphatic carbocycles. The number of ether oxygens (including phenoxy) is 1. The predicted octanol–water partition coefficient (Wildman–Crippen LogP) is 4.42. The maximum absolute atomic E-state index is 12.1. The Labute approximate surface area is 143 Å². The lowest BCUT2D eigenvalue weighted by Crippen LogP contribution is -2.04. The molecule has 0 aromatic heterocycles. The van der Waals surface area contributed by atoms with Gasteiger partial charge in [-0.1, -0.05) is 48.5 Å². The van der Waals surface area contributed by atoms with Crippen LogP contribution in [0.25, 0.3) is 22.2 Å². The van der Waals surface area contributed by atoms with E-state index in [2.05, 4.69) is 0 Å². The number of rotatable bonds is 2. The lowest BCUT2D eigenvalue weighted by molar-refractivity contribution is -0.375. The van der Waals surface area contributed by atoms with Crippen LogP contribution in [0.4, 0.5) is 0 Å². The van der Waals surface area contributed by atoms with Gasteiger partial charge in [-0.15, -0.1) is 0 Å². The number of cyclic esters (lactones) is 1. The number of benzene rings is 3. The second kappa shape index (κ2) is 5.56. The summed E-state index contributed by atoms with van der Waals surface area (Å²) in [7, 11) is 0. The smallest absolute Gasteiger partial charge is 0.344 e. The van der Waals surface area contributed by atoms with E-state index in [9.17, 15) is 14.9 Å². The summed E-state index contributed by atoms with van der Waals surface area (Å²) in [4.78, 5) is 23.5. The van der Waals surface area contributed by atoms with Gasteiger partial charge in [0.2, 0.25) is 5.76 Å². The van der Waals surface area contributed by atoms with Crippen LogP contribution in [0.1, 0.15) is 27.0 Å². The molecule has 4 rings (SSSR count). The number of hydrogen-bond donors (Lipinski definition) is 0. The highest BCUT2D eigenvalue weighted by Gasteiger charge is 2.35. The molecule has 0 fully saturated rings. The minimum absolute atomic E-state index is 0.000365. The van der Waals surface area contributed by atoms with Crippen LogP contribution in [0.15, 0.2) is 60.7 Å². The molecule has 122 valence electrons. The number of aryl methyl sites for hydroxylation is 1. The van der Waals surface area contributed by atoms with Crippen molar-refractivity contribution in [2.45, 2.75) is 6.92 Å². The first kappa shape index (κ1) is 15.1. The largest absolute Gasteiger partial charge is 0.415 e. The number of carbonyl (C=O) groups excluding carboxylic acids is 1. The molecule has 0 saturated heterocycles. The maximum atomic E-state index is 12.1. The van der Waals surface area contributed by atoms with Crippen LogP contribution in [0.3, 0.4) is 0 Å². The zero-order valence-corrected chi connectivity index (χ0v) is 13.4. The maximum Gasteiger partial charge on any atom is 0.344 e. The van der Waals surface area contributed by atoms with Gasteiger partial charge < -0.3 is 4.74 Å². The molecule has 1 heterocycles. The first-order valence-electron chi connectivity index (χ1n) is 7.77. The first-order valence-corrected chi connectivity index (χ1v) is 7.77. The van der Waals surface area contributed by atoms with Crippen LogP contribution in [-0.4, -0.2) is 10.9 Å². The van der Waals surface area contributed by atoms with E-state index in [1.807, 2.05) is 37.3 Å². The quantitative estimate of drug-likeness (QED) is 0.396. The second-order valence-corrected chi connectivity index (χ2v) is 5.85. The van der Waals surface area contributed by atoms with Crippen LogP contribution in [0.2, 0.25) is 0 Å².